The van der Waals surface area contributed by atoms with Crippen LogP contribution in [0.25, 0.3) is 0 Å². The number of carbonyl (C=O) groups is 1. The number of aryl methyl sites for hydroxylation is 1. The molecule has 10 heteroatoms. The van der Waals surface area contributed by atoms with Gasteiger partial charge in [-0.25, -0.2) is 8.42 Å². The molecule has 1 fully saturated rings. The maximum atomic E-state index is 13.4. The van der Waals surface area contributed by atoms with Gasteiger partial charge in [0, 0.05) is 41.5 Å². The second-order valence-corrected chi connectivity index (χ2v) is 15.4. The zero-order valence-corrected chi connectivity index (χ0v) is 28.0. The quantitative estimate of drug-likeness (QED) is 0.252. The van der Waals surface area contributed by atoms with Crippen molar-refractivity contribution in [1.29, 1.82) is 0 Å². The highest BCUT2D eigenvalue weighted by Crippen LogP contribution is 2.47. The van der Waals surface area contributed by atoms with Crippen LogP contribution >= 0.6 is 39.1 Å². The van der Waals surface area contributed by atoms with Crippen molar-refractivity contribution in [2.75, 3.05) is 50.3 Å². The number of amides is 1. The summed E-state index contributed by atoms with van der Waals surface area (Å²) < 4.78 is 27.6. The molecule has 1 atom stereocenters. The number of fused-ring (bicyclic) bond motifs is 2. The number of hydrogen-bond acceptors (Lipinski definition) is 4. The Kier molecular flexibility index (Phi) is 9.31. The van der Waals surface area contributed by atoms with Gasteiger partial charge in [-0.1, -0.05) is 63.4 Å². The van der Waals surface area contributed by atoms with Crippen molar-refractivity contribution in [3.63, 3.8) is 0 Å². The molecule has 224 valence electrons. The summed E-state index contributed by atoms with van der Waals surface area (Å²) in [5, 5.41) is 1.01. The number of likely N-dealkylation sites (tertiary alicyclic amines) is 1. The van der Waals surface area contributed by atoms with Gasteiger partial charge < -0.3 is 9.80 Å². The molecular weight excluding hydrogens is 657 g/mol. The van der Waals surface area contributed by atoms with E-state index in [2.05, 4.69) is 26.9 Å². The molecule has 42 heavy (non-hydrogen) atoms. The Morgan fingerprint density at radius 1 is 1.05 bits per heavy atom. The van der Waals surface area contributed by atoms with Crippen LogP contribution in [0.15, 0.2) is 65.1 Å². The summed E-state index contributed by atoms with van der Waals surface area (Å²) in [4.78, 5) is 17.6. The van der Waals surface area contributed by atoms with Crippen molar-refractivity contribution in [1.82, 2.24) is 9.80 Å². The number of hydrogen-bond donors (Lipinski definition) is 0. The number of carbonyl (C=O) groups excluding carboxylic acids is 1. The molecule has 1 spiro atoms. The zero-order chi connectivity index (χ0) is 30.2. The number of likely N-dealkylation sites (N-methyl/N-ethyl adjacent to an activating group) is 1. The minimum absolute atomic E-state index is 0.0281. The largest absolute Gasteiger partial charge is 0.341 e. The lowest BCUT2D eigenvalue weighted by molar-refractivity contribution is 0.0780. The van der Waals surface area contributed by atoms with Crippen LogP contribution in [-0.2, 0) is 15.4 Å². The summed E-state index contributed by atoms with van der Waals surface area (Å²) >= 11 is 16.2. The fraction of sp³-hybridized carbons (Fsp3) is 0.406. The highest BCUT2D eigenvalue weighted by molar-refractivity contribution is 9.10. The van der Waals surface area contributed by atoms with Crippen molar-refractivity contribution in [2.24, 2.45) is 0 Å². The van der Waals surface area contributed by atoms with Crippen LogP contribution in [0.2, 0.25) is 10.0 Å². The molecule has 0 radical (unpaired) electrons. The molecule has 6 nitrogen and oxygen atoms in total. The second-order valence-electron chi connectivity index (χ2n) is 11.8. The van der Waals surface area contributed by atoms with Gasteiger partial charge in [-0.2, -0.15) is 0 Å². The highest BCUT2D eigenvalue weighted by atomic mass is 79.9. The Bertz CT molecular complexity index is 1570. The summed E-state index contributed by atoms with van der Waals surface area (Å²) in [6, 6.07) is 19.4. The molecule has 0 bridgehead atoms. The molecule has 3 aromatic rings. The second kappa shape index (κ2) is 12.5. The first-order valence-electron chi connectivity index (χ1n) is 14.1. The first-order valence-corrected chi connectivity index (χ1v) is 17.5. The summed E-state index contributed by atoms with van der Waals surface area (Å²) in [5.41, 5.74) is 4.53. The van der Waals surface area contributed by atoms with E-state index < -0.39 is 10.0 Å². The molecule has 0 aromatic heterocycles. The van der Waals surface area contributed by atoms with Gasteiger partial charge in [0.25, 0.3) is 5.91 Å². The van der Waals surface area contributed by atoms with Gasteiger partial charge >= 0.3 is 0 Å². The van der Waals surface area contributed by atoms with Gasteiger partial charge in [0.1, 0.15) is 0 Å². The Labute approximate surface area is 267 Å². The van der Waals surface area contributed by atoms with Crippen LogP contribution in [-0.4, -0.2) is 70.2 Å². The maximum Gasteiger partial charge on any atom is 0.253 e. The molecule has 0 aliphatic carbocycles. The lowest BCUT2D eigenvalue weighted by atomic mass is 9.74. The number of nitrogens with zero attached hydrogens (tertiary/aromatic N) is 3. The summed E-state index contributed by atoms with van der Waals surface area (Å²) in [5.74, 6) is 0.0329. The predicted molar refractivity (Wildman–Crippen MR) is 176 cm³/mol. The minimum Gasteiger partial charge on any atom is -0.341 e. The van der Waals surface area contributed by atoms with E-state index in [1.807, 2.05) is 68.6 Å². The average Bonchev–Trinajstić information content (AvgIpc) is 3.27. The molecule has 1 saturated heterocycles. The number of sulfonamides is 1. The number of halogens is 3. The van der Waals surface area contributed by atoms with Crippen molar-refractivity contribution in [2.45, 2.75) is 37.5 Å². The fourth-order valence-corrected chi connectivity index (χ4v) is 8.39. The third-order valence-electron chi connectivity index (χ3n) is 8.74. The Morgan fingerprint density at radius 3 is 2.43 bits per heavy atom. The van der Waals surface area contributed by atoms with Crippen LogP contribution in [0, 0.1) is 6.92 Å². The summed E-state index contributed by atoms with van der Waals surface area (Å²) in [6.45, 7) is 5.64. The van der Waals surface area contributed by atoms with E-state index in [1.54, 1.807) is 9.21 Å². The first kappa shape index (κ1) is 31.3. The Balaban J connectivity index is 1.29. The Morgan fingerprint density at radius 2 is 1.76 bits per heavy atom. The van der Waals surface area contributed by atoms with Gasteiger partial charge in [0.05, 0.1) is 22.0 Å². The third kappa shape index (κ3) is 6.68. The summed E-state index contributed by atoms with van der Waals surface area (Å²) in [7, 11) is -1.50. The molecular formula is C32H36BrCl2N3O3S. The molecule has 2 heterocycles. The van der Waals surface area contributed by atoms with E-state index in [9.17, 15) is 13.2 Å². The van der Waals surface area contributed by atoms with Crippen LogP contribution in [0.1, 0.15) is 52.2 Å². The Hall–Kier alpha value is -2.10. The molecule has 0 N–H and O–H groups in total. The van der Waals surface area contributed by atoms with Crippen LogP contribution in [0.4, 0.5) is 5.69 Å². The molecule has 0 saturated carbocycles. The molecule has 3 aromatic carbocycles. The van der Waals surface area contributed by atoms with E-state index in [-0.39, 0.29) is 17.2 Å². The number of anilines is 1. The van der Waals surface area contributed by atoms with E-state index in [0.717, 1.165) is 65.7 Å². The van der Waals surface area contributed by atoms with Gasteiger partial charge in [0.15, 0.2) is 0 Å². The standard InChI is InChI=1S/C32H36BrCl2N3O3S/c1-22-16-25(18-26(33)17-22)31(39)36(2)20-24(23-8-9-28(34)29(35)19-23)10-13-37-14-11-32(12-15-37)21-38(42(3,40)41)30-7-5-4-6-27(30)32/h4-9,16-19,24H,10-15,20-21H2,1-3H3. The van der Waals surface area contributed by atoms with E-state index in [1.165, 1.54) is 6.26 Å². The van der Waals surface area contributed by atoms with E-state index in [0.29, 0.717) is 28.7 Å². The smallest absolute Gasteiger partial charge is 0.253 e. The lowest BCUT2D eigenvalue weighted by Gasteiger charge is -2.40. The SMILES string of the molecule is Cc1cc(Br)cc(C(=O)N(C)CC(CCN2CCC3(CC2)CN(S(C)(=O)=O)c2ccccc23)c2ccc(Cl)c(Cl)c2)c1. The van der Waals surface area contributed by atoms with Crippen LogP contribution in [0.5, 0.6) is 0 Å². The minimum atomic E-state index is -3.34. The topological polar surface area (TPSA) is 60.9 Å². The lowest BCUT2D eigenvalue weighted by Crippen LogP contribution is -2.46. The monoisotopic (exact) mass is 691 g/mol. The molecule has 5 rings (SSSR count). The van der Waals surface area contributed by atoms with Crippen LogP contribution in [0.3, 0.4) is 0 Å². The highest BCUT2D eigenvalue weighted by Gasteiger charge is 2.46. The average molecular weight is 694 g/mol. The summed E-state index contributed by atoms with van der Waals surface area (Å²) in [6.07, 6.45) is 3.93. The van der Waals surface area contributed by atoms with Gasteiger partial charge in [-0.3, -0.25) is 9.10 Å². The van der Waals surface area contributed by atoms with Crippen molar-refractivity contribution >= 4 is 60.7 Å². The van der Waals surface area contributed by atoms with E-state index >= 15 is 0 Å². The zero-order valence-electron chi connectivity index (χ0n) is 24.1. The van der Waals surface area contributed by atoms with Gasteiger partial charge in [0.2, 0.25) is 10.0 Å². The predicted octanol–water partition coefficient (Wildman–Crippen LogP) is 7.12. The first-order chi connectivity index (χ1) is 19.9. The van der Waals surface area contributed by atoms with Crippen LogP contribution < -0.4 is 4.31 Å². The number of piperidine rings is 1. The fourth-order valence-electron chi connectivity index (χ4n) is 6.47. The molecule has 1 unspecified atom stereocenters. The normalized spacial score (nSPS) is 17.3. The van der Waals surface area contributed by atoms with Gasteiger partial charge in [-0.05, 0) is 98.9 Å². The molecule has 2 aliphatic heterocycles. The number of para-hydroxylation sites is 1. The maximum absolute atomic E-state index is 13.4. The van der Waals surface area contributed by atoms with Crippen molar-refractivity contribution < 1.29 is 13.2 Å². The van der Waals surface area contributed by atoms with Gasteiger partial charge in [-0.15, -0.1) is 0 Å². The number of benzene rings is 3. The number of rotatable bonds is 8. The van der Waals surface area contributed by atoms with Crippen molar-refractivity contribution in [3.05, 3.63) is 97.4 Å². The third-order valence-corrected chi connectivity index (χ3v) is 11.1. The van der Waals surface area contributed by atoms with Crippen molar-refractivity contribution in [3.8, 4) is 0 Å². The molecule has 2 aliphatic rings. The van der Waals surface area contributed by atoms with E-state index in [4.69, 9.17) is 23.2 Å². The molecule has 1 amide bonds.